The molecule has 31 heavy (non-hydrogen) atoms. The first kappa shape index (κ1) is 23.2. The fourth-order valence-electron chi connectivity index (χ4n) is 3.74. The molecule has 0 amide bonds. The van der Waals surface area contributed by atoms with Crippen molar-refractivity contribution >= 4 is 16.9 Å². The molecule has 2 aromatic rings. The van der Waals surface area contributed by atoms with Gasteiger partial charge in [0, 0.05) is 10.9 Å². The molecule has 0 spiro atoms. The fourth-order valence-corrected chi connectivity index (χ4v) is 3.74. The Balaban J connectivity index is 1.91. The zero-order valence-electron chi connectivity index (χ0n) is 17.4. The van der Waals surface area contributed by atoms with Crippen LogP contribution in [0.25, 0.3) is 10.9 Å². The summed E-state index contributed by atoms with van der Waals surface area (Å²) in [7, 11) is 0. The maximum Gasteiger partial charge on any atom is 0.335 e. The van der Waals surface area contributed by atoms with Crippen molar-refractivity contribution in [1.29, 1.82) is 0 Å². The number of aryl methyl sites for hydroxylation is 1. The lowest BCUT2D eigenvalue weighted by molar-refractivity contribution is -0.271. The fraction of sp³-hybridized carbons (Fsp3) is 0.545. The molecule has 0 radical (unpaired) electrons. The predicted molar refractivity (Wildman–Crippen MR) is 112 cm³/mol. The lowest BCUT2D eigenvalue weighted by Crippen LogP contribution is -2.61. The molecule has 1 aromatic carbocycles. The van der Waals surface area contributed by atoms with E-state index in [9.17, 15) is 30.0 Å². The van der Waals surface area contributed by atoms with Crippen LogP contribution in [0.15, 0.2) is 29.1 Å². The van der Waals surface area contributed by atoms with Gasteiger partial charge in [0.2, 0.25) is 11.7 Å². The molecule has 5 N–H and O–H groups in total. The van der Waals surface area contributed by atoms with Gasteiger partial charge in [0.05, 0.1) is 5.69 Å². The van der Waals surface area contributed by atoms with Crippen LogP contribution in [-0.2, 0) is 16.0 Å². The van der Waals surface area contributed by atoms with Crippen molar-refractivity contribution in [3.8, 4) is 5.75 Å². The van der Waals surface area contributed by atoms with Crippen molar-refractivity contribution in [2.45, 2.75) is 76.2 Å². The highest BCUT2D eigenvalue weighted by molar-refractivity contribution is 5.80. The molecule has 0 saturated carbocycles. The van der Waals surface area contributed by atoms with Crippen molar-refractivity contribution in [2.24, 2.45) is 0 Å². The van der Waals surface area contributed by atoms with Gasteiger partial charge in [-0.25, -0.2) is 4.79 Å². The molecule has 170 valence electrons. The number of para-hydroxylation sites is 1. The number of aromatic nitrogens is 1. The van der Waals surface area contributed by atoms with Crippen molar-refractivity contribution in [3.63, 3.8) is 0 Å². The van der Waals surface area contributed by atoms with E-state index in [1.165, 1.54) is 0 Å². The number of carboxylic acids is 1. The number of hydrogen-bond acceptors (Lipinski definition) is 7. The summed E-state index contributed by atoms with van der Waals surface area (Å²) >= 11 is 0. The number of benzene rings is 1. The highest BCUT2D eigenvalue weighted by Gasteiger charge is 2.48. The Hall–Kier alpha value is -2.46. The number of aliphatic carboxylic acids is 1. The second-order valence-electron chi connectivity index (χ2n) is 7.82. The molecule has 3 rings (SSSR count). The maximum atomic E-state index is 13.1. The Morgan fingerprint density at radius 3 is 2.48 bits per heavy atom. The van der Waals surface area contributed by atoms with Gasteiger partial charge in [-0.2, -0.15) is 0 Å². The Morgan fingerprint density at radius 1 is 1.06 bits per heavy atom. The Bertz CT molecular complexity index is 958. The van der Waals surface area contributed by atoms with Gasteiger partial charge in [-0.05, 0) is 25.0 Å². The number of ether oxygens (including phenoxy) is 2. The lowest BCUT2D eigenvalue weighted by atomic mass is 9.99. The van der Waals surface area contributed by atoms with Crippen LogP contribution >= 0.6 is 0 Å². The van der Waals surface area contributed by atoms with E-state index in [1.54, 1.807) is 24.3 Å². The second-order valence-corrected chi connectivity index (χ2v) is 7.82. The third-order valence-electron chi connectivity index (χ3n) is 5.51. The van der Waals surface area contributed by atoms with Gasteiger partial charge < -0.3 is 34.9 Å². The zero-order chi connectivity index (χ0) is 22.5. The average Bonchev–Trinajstić information content (AvgIpc) is 2.75. The second kappa shape index (κ2) is 10.2. The molecule has 2 heterocycles. The minimum absolute atomic E-state index is 0.0917. The van der Waals surface area contributed by atoms with E-state index in [4.69, 9.17) is 9.47 Å². The van der Waals surface area contributed by atoms with E-state index in [0.29, 0.717) is 23.0 Å². The molecule has 1 aliphatic rings. The molecular formula is C22H29NO8. The normalized spacial score (nSPS) is 26.1. The molecule has 9 heteroatoms. The molecule has 0 bridgehead atoms. The topological polar surface area (TPSA) is 149 Å². The van der Waals surface area contributed by atoms with Crippen LogP contribution in [0.3, 0.4) is 0 Å². The number of aromatic amines is 1. The van der Waals surface area contributed by atoms with Crippen LogP contribution in [0, 0.1) is 0 Å². The van der Waals surface area contributed by atoms with Gasteiger partial charge in [0.1, 0.15) is 18.3 Å². The summed E-state index contributed by atoms with van der Waals surface area (Å²) in [5.41, 5.74) is 0.706. The monoisotopic (exact) mass is 435 g/mol. The van der Waals surface area contributed by atoms with Gasteiger partial charge >= 0.3 is 5.97 Å². The minimum Gasteiger partial charge on any atom is -0.479 e. The van der Waals surface area contributed by atoms with Crippen molar-refractivity contribution in [1.82, 2.24) is 4.98 Å². The third kappa shape index (κ3) is 5.07. The number of fused-ring (bicyclic) bond motifs is 1. The first-order valence-corrected chi connectivity index (χ1v) is 10.6. The number of pyridine rings is 1. The van der Waals surface area contributed by atoms with Crippen LogP contribution in [-0.4, -0.2) is 62.1 Å². The van der Waals surface area contributed by atoms with E-state index in [0.717, 1.165) is 32.1 Å². The van der Waals surface area contributed by atoms with Gasteiger partial charge in [0.25, 0.3) is 0 Å². The number of aliphatic hydroxyl groups excluding tert-OH is 3. The SMILES string of the molecule is CCCCCCCc1[nH]c2ccccc2c(=O)c1O[C@@H]1OC(C(=O)O)[C@H](O)[C@@H](O)C1O. The van der Waals surface area contributed by atoms with Crippen molar-refractivity contribution < 1.29 is 34.7 Å². The zero-order valence-corrected chi connectivity index (χ0v) is 17.4. The Morgan fingerprint density at radius 2 is 1.77 bits per heavy atom. The van der Waals surface area contributed by atoms with Crippen LogP contribution < -0.4 is 10.2 Å². The number of hydrogen-bond donors (Lipinski definition) is 5. The summed E-state index contributed by atoms with van der Waals surface area (Å²) in [5, 5.41) is 39.8. The molecular weight excluding hydrogens is 406 g/mol. The number of H-pyrrole nitrogens is 1. The highest BCUT2D eigenvalue weighted by atomic mass is 16.7. The van der Waals surface area contributed by atoms with Gasteiger partial charge in [-0.1, -0.05) is 44.7 Å². The third-order valence-corrected chi connectivity index (χ3v) is 5.51. The largest absolute Gasteiger partial charge is 0.479 e. The van der Waals surface area contributed by atoms with Crippen LogP contribution in [0.4, 0.5) is 0 Å². The average molecular weight is 435 g/mol. The molecule has 9 nitrogen and oxygen atoms in total. The highest BCUT2D eigenvalue weighted by Crippen LogP contribution is 2.26. The summed E-state index contributed by atoms with van der Waals surface area (Å²) in [4.78, 5) is 27.7. The first-order valence-electron chi connectivity index (χ1n) is 10.6. The van der Waals surface area contributed by atoms with E-state index in [-0.39, 0.29) is 5.75 Å². The van der Waals surface area contributed by atoms with Crippen LogP contribution in [0.1, 0.15) is 44.7 Å². The molecule has 2 unspecified atom stereocenters. The molecule has 0 aliphatic carbocycles. The van der Waals surface area contributed by atoms with Gasteiger partial charge in [-0.15, -0.1) is 0 Å². The predicted octanol–water partition coefficient (Wildman–Crippen LogP) is 1.31. The molecule has 1 fully saturated rings. The van der Waals surface area contributed by atoms with E-state index < -0.39 is 42.1 Å². The lowest BCUT2D eigenvalue weighted by Gasteiger charge is -2.38. The van der Waals surface area contributed by atoms with Gasteiger partial charge in [0.15, 0.2) is 11.9 Å². The molecule has 1 aromatic heterocycles. The molecule has 1 saturated heterocycles. The quantitative estimate of drug-likeness (QED) is 0.370. The summed E-state index contributed by atoms with van der Waals surface area (Å²) < 4.78 is 10.9. The van der Waals surface area contributed by atoms with E-state index >= 15 is 0 Å². The molecule has 1 aliphatic heterocycles. The van der Waals surface area contributed by atoms with Crippen LogP contribution in [0.5, 0.6) is 5.75 Å². The Kier molecular flexibility index (Phi) is 7.66. The minimum atomic E-state index is -1.83. The summed E-state index contributed by atoms with van der Waals surface area (Å²) in [6, 6.07) is 6.90. The van der Waals surface area contributed by atoms with Crippen molar-refractivity contribution in [2.75, 3.05) is 0 Å². The number of rotatable bonds is 9. The number of unbranched alkanes of at least 4 members (excludes halogenated alkanes) is 4. The molecule has 5 atom stereocenters. The number of nitrogens with one attached hydrogen (secondary N) is 1. The first-order chi connectivity index (χ1) is 14.8. The smallest absolute Gasteiger partial charge is 0.335 e. The van der Waals surface area contributed by atoms with Crippen LogP contribution in [0.2, 0.25) is 0 Å². The van der Waals surface area contributed by atoms with E-state index in [2.05, 4.69) is 11.9 Å². The summed E-state index contributed by atoms with van der Waals surface area (Å²) in [5.74, 6) is -1.61. The summed E-state index contributed by atoms with van der Waals surface area (Å²) in [6.07, 6.45) is -3.25. The van der Waals surface area contributed by atoms with Gasteiger partial charge in [-0.3, -0.25) is 4.79 Å². The summed E-state index contributed by atoms with van der Waals surface area (Å²) in [6.45, 7) is 2.12. The van der Waals surface area contributed by atoms with E-state index in [1.807, 2.05) is 0 Å². The van der Waals surface area contributed by atoms with Crippen molar-refractivity contribution in [3.05, 3.63) is 40.2 Å². The maximum absolute atomic E-state index is 13.1. The number of carbonyl (C=O) groups is 1. The standard InChI is InChI=1S/C22H29NO8/c1-2-3-4-5-6-11-14-19(15(24)12-9-7-8-10-13(12)23-14)30-22-18(27)16(25)17(26)20(31-22)21(28)29/h7-10,16-18,20,22,25-27H,2-6,11H2,1H3,(H,23,24)(H,28,29)/t16-,17-,18?,20?,22-/m1/s1. The number of aliphatic hydroxyl groups is 3. The number of carboxylic acid groups (broad SMARTS) is 1. The Labute approximate surface area is 179 Å².